The minimum atomic E-state index is -1.38. The molecular weight excluding hydrogens is 402 g/mol. The van der Waals surface area contributed by atoms with Gasteiger partial charge in [-0.2, -0.15) is 0 Å². The van der Waals surface area contributed by atoms with Crippen molar-refractivity contribution >= 4 is 17.7 Å². The molecule has 3 rings (SSSR count). The van der Waals surface area contributed by atoms with E-state index >= 15 is 0 Å². The number of carbonyl (C=O) groups excluding carboxylic acids is 3. The number of β-amino-alcohol motifs (C(OH)–C–C–N with tert-alkyl or cyclic N) is 1. The SMILES string of the molecule is NC(=O)C1CCN(CCC(=O)N2CCOC[C@@](O)(CNC(=O)c3ccccn3)C2)CC1. The zero-order valence-corrected chi connectivity index (χ0v) is 17.7. The molecule has 170 valence electrons. The minimum Gasteiger partial charge on any atom is -0.384 e. The van der Waals surface area contributed by atoms with Crippen LogP contribution in [-0.2, 0) is 14.3 Å². The fraction of sp³-hybridized carbons (Fsp3) is 0.619. The summed E-state index contributed by atoms with van der Waals surface area (Å²) in [7, 11) is 0. The number of hydrogen-bond acceptors (Lipinski definition) is 7. The lowest BCUT2D eigenvalue weighted by Gasteiger charge is -2.33. The summed E-state index contributed by atoms with van der Waals surface area (Å²) in [6.45, 7) is 2.85. The van der Waals surface area contributed by atoms with E-state index in [9.17, 15) is 19.5 Å². The van der Waals surface area contributed by atoms with Gasteiger partial charge >= 0.3 is 0 Å². The van der Waals surface area contributed by atoms with Gasteiger partial charge < -0.3 is 30.7 Å². The molecule has 0 unspecified atom stereocenters. The first-order chi connectivity index (χ1) is 14.9. The van der Waals surface area contributed by atoms with Crippen LogP contribution < -0.4 is 11.1 Å². The first kappa shape index (κ1) is 23.1. The highest BCUT2D eigenvalue weighted by Gasteiger charge is 2.35. The number of ether oxygens (including phenoxy) is 1. The number of piperidine rings is 1. The summed E-state index contributed by atoms with van der Waals surface area (Å²) >= 11 is 0. The van der Waals surface area contributed by atoms with Crippen molar-refractivity contribution in [3.63, 3.8) is 0 Å². The van der Waals surface area contributed by atoms with Crippen LogP contribution in [0, 0.1) is 5.92 Å². The first-order valence-corrected chi connectivity index (χ1v) is 10.7. The second kappa shape index (κ2) is 10.7. The normalized spacial score (nSPS) is 23.2. The fourth-order valence-corrected chi connectivity index (χ4v) is 3.92. The van der Waals surface area contributed by atoms with E-state index in [0.29, 0.717) is 26.1 Å². The zero-order valence-electron chi connectivity index (χ0n) is 17.7. The zero-order chi connectivity index (χ0) is 22.3. The van der Waals surface area contributed by atoms with E-state index in [1.54, 1.807) is 23.1 Å². The van der Waals surface area contributed by atoms with E-state index in [2.05, 4.69) is 15.2 Å². The van der Waals surface area contributed by atoms with Crippen molar-refractivity contribution in [2.24, 2.45) is 11.7 Å². The molecule has 0 spiro atoms. The molecule has 10 nitrogen and oxygen atoms in total. The molecule has 2 fully saturated rings. The summed E-state index contributed by atoms with van der Waals surface area (Å²) < 4.78 is 5.49. The number of primary amides is 1. The van der Waals surface area contributed by atoms with Gasteiger partial charge in [-0.3, -0.25) is 19.4 Å². The van der Waals surface area contributed by atoms with Crippen LogP contribution in [0.4, 0.5) is 0 Å². The van der Waals surface area contributed by atoms with E-state index in [1.807, 2.05) is 0 Å². The average Bonchev–Trinajstić information content (AvgIpc) is 2.99. The summed E-state index contributed by atoms with van der Waals surface area (Å²) in [4.78, 5) is 44.0. The molecule has 10 heteroatoms. The lowest BCUT2D eigenvalue weighted by atomic mass is 9.96. The van der Waals surface area contributed by atoms with Crippen molar-refractivity contribution in [1.29, 1.82) is 0 Å². The fourth-order valence-electron chi connectivity index (χ4n) is 3.92. The van der Waals surface area contributed by atoms with Gasteiger partial charge in [0, 0.05) is 31.6 Å². The number of nitrogens with two attached hydrogens (primary N) is 1. The molecule has 1 aromatic rings. The maximum Gasteiger partial charge on any atom is 0.269 e. The quantitative estimate of drug-likeness (QED) is 0.501. The van der Waals surface area contributed by atoms with Crippen molar-refractivity contribution in [3.8, 4) is 0 Å². The van der Waals surface area contributed by atoms with Gasteiger partial charge in [-0.15, -0.1) is 0 Å². The molecule has 31 heavy (non-hydrogen) atoms. The van der Waals surface area contributed by atoms with Crippen LogP contribution >= 0.6 is 0 Å². The van der Waals surface area contributed by atoms with Crippen LogP contribution in [0.1, 0.15) is 29.8 Å². The maximum atomic E-state index is 12.8. The number of hydrogen-bond donors (Lipinski definition) is 3. The van der Waals surface area contributed by atoms with Crippen molar-refractivity contribution in [2.45, 2.75) is 24.9 Å². The van der Waals surface area contributed by atoms with Crippen LogP contribution in [-0.4, -0.2) is 95.7 Å². The molecule has 3 amide bonds. The highest BCUT2D eigenvalue weighted by Crippen LogP contribution is 2.18. The number of pyridine rings is 1. The van der Waals surface area contributed by atoms with Gasteiger partial charge in [0.15, 0.2) is 0 Å². The van der Waals surface area contributed by atoms with Crippen molar-refractivity contribution in [1.82, 2.24) is 20.1 Å². The first-order valence-electron chi connectivity index (χ1n) is 10.7. The number of aromatic nitrogens is 1. The third-order valence-corrected chi connectivity index (χ3v) is 5.82. The van der Waals surface area contributed by atoms with Gasteiger partial charge in [0.1, 0.15) is 11.3 Å². The summed E-state index contributed by atoms with van der Waals surface area (Å²) in [6.07, 6.45) is 3.28. The molecule has 4 N–H and O–H groups in total. The van der Waals surface area contributed by atoms with Crippen molar-refractivity contribution in [2.75, 3.05) is 52.5 Å². The predicted molar refractivity (Wildman–Crippen MR) is 112 cm³/mol. The molecule has 2 saturated heterocycles. The highest BCUT2D eigenvalue weighted by molar-refractivity contribution is 5.92. The number of nitrogens with one attached hydrogen (secondary N) is 1. The van der Waals surface area contributed by atoms with E-state index in [1.165, 1.54) is 6.20 Å². The Morgan fingerprint density at radius 1 is 1.26 bits per heavy atom. The lowest BCUT2D eigenvalue weighted by Crippen LogP contribution is -2.53. The monoisotopic (exact) mass is 433 g/mol. The second-order valence-electron chi connectivity index (χ2n) is 8.26. The van der Waals surface area contributed by atoms with E-state index < -0.39 is 11.5 Å². The van der Waals surface area contributed by atoms with Crippen LogP contribution in [0.2, 0.25) is 0 Å². The van der Waals surface area contributed by atoms with Crippen LogP contribution in [0.3, 0.4) is 0 Å². The Hall–Kier alpha value is -2.56. The molecule has 0 aliphatic carbocycles. The maximum absolute atomic E-state index is 12.8. The number of aliphatic hydroxyl groups is 1. The van der Waals surface area contributed by atoms with Crippen LogP contribution in [0.15, 0.2) is 24.4 Å². The third kappa shape index (κ3) is 6.71. The molecule has 0 aromatic carbocycles. The molecular formula is C21H31N5O5. The Labute approximate surface area is 181 Å². The lowest BCUT2D eigenvalue weighted by molar-refractivity contribution is -0.134. The Bertz CT molecular complexity index is 769. The molecule has 0 radical (unpaired) electrons. The van der Waals surface area contributed by atoms with Crippen molar-refractivity contribution in [3.05, 3.63) is 30.1 Å². The molecule has 1 aromatic heterocycles. The number of rotatable bonds is 7. The number of amides is 3. The molecule has 0 saturated carbocycles. The summed E-state index contributed by atoms with van der Waals surface area (Å²) in [5.74, 6) is -0.798. The number of likely N-dealkylation sites (tertiary alicyclic amines) is 1. The standard InChI is InChI=1S/C21H31N5O5/c22-19(28)16-4-8-25(9-5-16)10-6-18(27)26-11-12-31-15-21(30,14-26)13-24-20(29)17-3-1-2-7-23-17/h1-3,7,16,30H,4-6,8-15H2,(H2,22,28)(H,24,29)/t21-/m1/s1. The van der Waals surface area contributed by atoms with Gasteiger partial charge in [0.05, 0.1) is 26.3 Å². The van der Waals surface area contributed by atoms with Gasteiger partial charge in [-0.1, -0.05) is 6.07 Å². The third-order valence-electron chi connectivity index (χ3n) is 5.82. The summed E-state index contributed by atoms with van der Waals surface area (Å²) in [5.41, 5.74) is 4.24. The Morgan fingerprint density at radius 2 is 2.03 bits per heavy atom. The minimum absolute atomic E-state index is 0.0277. The van der Waals surface area contributed by atoms with Crippen LogP contribution in [0.25, 0.3) is 0 Å². The summed E-state index contributed by atoms with van der Waals surface area (Å²) in [6, 6.07) is 5.01. The molecule has 1 atom stereocenters. The average molecular weight is 434 g/mol. The topological polar surface area (TPSA) is 138 Å². The Kier molecular flexibility index (Phi) is 7.94. The smallest absolute Gasteiger partial charge is 0.269 e. The van der Waals surface area contributed by atoms with E-state index in [-0.39, 0.29) is 43.1 Å². The Balaban J connectivity index is 1.48. The van der Waals surface area contributed by atoms with Gasteiger partial charge in [-0.25, -0.2) is 0 Å². The highest BCUT2D eigenvalue weighted by atomic mass is 16.5. The van der Waals surface area contributed by atoms with E-state index in [4.69, 9.17) is 10.5 Å². The number of nitrogens with zero attached hydrogens (tertiary/aromatic N) is 3. The molecule has 2 aliphatic heterocycles. The molecule has 2 aliphatic rings. The van der Waals surface area contributed by atoms with Crippen LogP contribution in [0.5, 0.6) is 0 Å². The van der Waals surface area contributed by atoms with Crippen molar-refractivity contribution < 1.29 is 24.2 Å². The Morgan fingerprint density at radius 3 is 2.71 bits per heavy atom. The second-order valence-corrected chi connectivity index (χ2v) is 8.26. The molecule has 3 heterocycles. The largest absolute Gasteiger partial charge is 0.384 e. The summed E-state index contributed by atoms with van der Waals surface area (Å²) in [5, 5.41) is 13.6. The molecule has 0 bridgehead atoms. The van der Waals surface area contributed by atoms with Gasteiger partial charge in [0.2, 0.25) is 11.8 Å². The van der Waals surface area contributed by atoms with Gasteiger partial charge in [0.25, 0.3) is 5.91 Å². The number of carbonyl (C=O) groups is 3. The van der Waals surface area contributed by atoms with Gasteiger partial charge in [-0.05, 0) is 38.1 Å². The predicted octanol–water partition coefficient (Wildman–Crippen LogP) is -1.01. The van der Waals surface area contributed by atoms with E-state index in [0.717, 1.165) is 25.9 Å².